The van der Waals surface area contributed by atoms with Crippen LogP contribution in [0.15, 0.2) is 12.1 Å². The predicted molar refractivity (Wildman–Crippen MR) is 119 cm³/mol. The molecule has 2 heterocycles. The Morgan fingerprint density at radius 1 is 0.773 bits per heavy atom. The lowest BCUT2D eigenvalue weighted by molar-refractivity contribution is -0.354. The Hall–Kier alpha value is -3.72. The van der Waals surface area contributed by atoms with Gasteiger partial charge < -0.3 is 10.2 Å². The van der Waals surface area contributed by atoms with Crippen LogP contribution in [0.4, 0.5) is 61.5 Å². The van der Waals surface area contributed by atoms with Crippen molar-refractivity contribution in [2.24, 2.45) is 0 Å². The molecule has 244 valence electrons. The van der Waals surface area contributed by atoms with Gasteiger partial charge in [0.25, 0.3) is 23.6 Å². The first-order valence-corrected chi connectivity index (χ1v) is 12.0. The number of benzene rings is 1. The van der Waals surface area contributed by atoms with E-state index < -0.39 is 109 Å². The fourth-order valence-corrected chi connectivity index (χ4v) is 5.06. The second-order valence-corrected chi connectivity index (χ2v) is 10.3. The van der Waals surface area contributed by atoms with Crippen molar-refractivity contribution in [3.05, 3.63) is 33.0 Å². The lowest BCUT2D eigenvalue weighted by Crippen LogP contribution is -2.58. The number of carbonyl (C=O) groups is 4. The third-order valence-corrected chi connectivity index (χ3v) is 7.25. The first-order chi connectivity index (χ1) is 19.6. The maximum atomic E-state index is 14.1. The topological polar surface area (TPSA) is 86.8 Å². The van der Waals surface area contributed by atoms with Crippen LogP contribution in [0, 0.1) is 0 Å². The number of thiophene rings is 1. The monoisotopic (exact) mass is 681 g/mol. The summed E-state index contributed by atoms with van der Waals surface area (Å²) in [6.07, 6.45) is -13.6. The van der Waals surface area contributed by atoms with E-state index in [2.05, 4.69) is 0 Å². The number of hydrogen-bond acceptors (Lipinski definition) is 5. The molecule has 1 aromatic carbocycles. The summed E-state index contributed by atoms with van der Waals surface area (Å²) in [5.41, 5.74) is -1.91. The molecular weight excluding hydrogens is 668 g/mol. The van der Waals surface area contributed by atoms with Gasteiger partial charge in [-0.2, -0.15) is 61.5 Å². The highest BCUT2D eigenvalue weighted by Gasteiger charge is 2.74. The number of rotatable bonds is 8. The van der Waals surface area contributed by atoms with Crippen LogP contribution in [0.1, 0.15) is 40.1 Å². The average Bonchev–Trinajstić information content (AvgIpc) is 3.27. The van der Waals surface area contributed by atoms with Crippen molar-refractivity contribution in [3.63, 3.8) is 0 Å². The fourth-order valence-electron chi connectivity index (χ4n) is 3.76. The van der Waals surface area contributed by atoms with Crippen molar-refractivity contribution in [2.45, 2.75) is 36.0 Å². The Bertz CT molecular complexity index is 1540. The Morgan fingerprint density at radius 2 is 1.27 bits per heavy atom. The third-order valence-electron chi connectivity index (χ3n) is 6.08. The second kappa shape index (κ2) is 10.4. The normalized spacial score (nSPS) is 15.2. The van der Waals surface area contributed by atoms with Crippen LogP contribution in [0.25, 0.3) is 10.8 Å². The van der Waals surface area contributed by atoms with E-state index in [1.807, 2.05) is 0 Å². The first kappa shape index (κ1) is 34.8. The molecule has 0 fully saturated rings. The molecular formula is C22H13F14N3O4S. The number of halogens is 14. The van der Waals surface area contributed by atoms with Gasteiger partial charge in [0.05, 0.1) is 13.1 Å². The van der Waals surface area contributed by atoms with Gasteiger partial charge in [-0.25, -0.2) is 0 Å². The fraction of sp³-hybridized carbons (Fsp3) is 0.455. The van der Waals surface area contributed by atoms with Gasteiger partial charge in [-0.05, 0) is 12.1 Å². The maximum Gasteiger partial charge on any atom is 0.459 e. The minimum atomic E-state index is -6.83. The van der Waals surface area contributed by atoms with E-state index >= 15 is 0 Å². The van der Waals surface area contributed by atoms with Crippen molar-refractivity contribution in [1.82, 2.24) is 15.1 Å². The molecule has 4 amide bonds. The van der Waals surface area contributed by atoms with Gasteiger partial charge in [-0.3, -0.25) is 24.1 Å². The number of imide groups is 1. The van der Waals surface area contributed by atoms with Crippen LogP contribution in [-0.2, 0) is 0 Å². The first-order valence-electron chi connectivity index (χ1n) is 11.2. The van der Waals surface area contributed by atoms with Crippen molar-refractivity contribution < 1.29 is 80.6 Å². The number of hydrogen-bond donors (Lipinski definition) is 1. The quantitative estimate of drug-likeness (QED) is 0.291. The smallest absolute Gasteiger partial charge is 0.346 e. The zero-order valence-electron chi connectivity index (χ0n) is 21.3. The summed E-state index contributed by atoms with van der Waals surface area (Å²) < 4.78 is 184. The molecule has 1 aliphatic heterocycles. The molecule has 2 aromatic rings. The SMILES string of the molecule is CN(C)C(=O)c1sc2c3c(ccc(C(=O)NCC(F)(F)C(F)(F)C(F)(F)F)c13)C(=O)N(CC(F)(F)C(F)(F)C(F)(F)F)C2=O. The second-order valence-electron chi connectivity index (χ2n) is 9.30. The third kappa shape index (κ3) is 5.29. The molecule has 1 N–H and O–H groups in total. The molecule has 0 radical (unpaired) electrons. The molecule has 0 aliphatic carbocycles. The molecule has 3 rings (SSSR count). The Morgan fingerprint density at radius 3 is 1.75 bits per heavy atom. The zero-order valence-corrected chi connectivity index (χ0v) is 22.1. The lowest BCUT2D eigenvalue weighted by atomic mass is 9.95. The standard InChI is InChI=1S/C22H13F14N3O4S/c1-38(2)15(42)11-9-7(13(40)37-5-17(23,24)19(27,28)21(31,32)33)3-4-8-10(9)12(44-11)16(43)39(14(8)41)6-18(25,26)20(29,30)22(34,35)36/h3-4H,5-6H2,1-2H3,(H,37,40). The Kier molecular flexibility index (Phi) is 8.24. The summed E-state index contributed by atoms with van der Waals surface area (Å²) in [6, 6.07) is 0.936. The summed E-state index contributed by atoms with van der Waals surface area (Å²) >= 11 is 0.00423. The van der Waals surface area contributed by atoms with Gasteiger partial charge in [0, 0.05) is 36.0 Å². The molecule has 1 aliphatic rings. The largest absolute Gasteiger partial charge is 0.459 e. The van der Waals surface area contributed by atoms with Crippen LogP contribution >= 0.6 is 11.3 Å². The Balaban J connectivity index is 2.14. The minimum Gasteiger partial charge on any atom is -0.346 e. The van der Waals surface area contributed by atoms with Gasteiger partial charge in [0.2, 0.25) is 0 Å². The van der Waals surface area contributed by atoms with E-state index in [0.29, 0.717) is 12.1 Å². The van der Waals surface area contributed by atoms with Crippen LogP contribution in [0.5, 0.6) is 0 Å². The summed E-state index contributed by atoms with van der Waals surface area (Å²) in [7, 11) is 2.13. The van der Waals surface area contributed by atoms with Gasteiger partial charge >= 0.3 is 36.0 Å². The highest BCUT2D eigenvalue weighted by Crippen LogP contribution is 2.49. The van der Waals surface area contributed by atoms with Gasteiger partial charge in [-0.1, -0.05) is 0 Å². The highest BCUT2D eigenvalue weighted by molar-refractivity contribution is 7.18. The zero-order chi connectivity index (χ0) is 34.2. The molecule has 7 nitrogen and oxygen atoms in total. The molecule has 0 saturated heterocycles. The molecule has 0 spiro atoms. The van der Waals surface area contributed by atoms with E-state index in [1.54, 1.807) is 0 Å². The van der Waals surface area contributed by atoms with E-state index in [4.69, 9.17) is 0 Å². The summed E-state index contributed by atoms with van der Waals surface area (Å²) in [4.78, 5) is 49.7. The van der Waals surface area contributed by atoms with E-state index in [9.17, 15) is 80.6 Å². The number of nitrogens with one attached hydrogen (secondary N) is 1. The maximum absolute atomic E-state index is 14.1. The van der Waals surface area contributed by atoms with Crippen molar-refractivity contribution >= 4 is 45.7 Å². The van der Waals surface area contributed by atoms with Crippen LogP contribution < -0.4 is 5.32 Å². The van der Waals surface area contributed by atoms with Crippen LogP contribution in [-0.4, -0.2) is 96.7 Å². The van der Waals surface area contributed by atoms with Crippen molar-refractivity contribution in [2.75, 3.05) is 27.2 Å². The van der Waals surface area contributed by atoms with Gasteiger partial charge in [0.15, 0.2) is 0 Å². The number of alkyl halides is 14. The van der Waals surface area contributed by atoms with E-state index in [-0.39, 0.29) is 11.3 Å². The number of amides is 4. The number of nitrogens with zero attached hydrogens (tertiary/aromatic N) is 2. The molecule has 1 aromatic heterocycles. The summed E-state index contributed by atoms with van der Waals surface area (Å²) in [5, 5.41) is -0.455. The van der Waals surface area contributed by atoms with Crippen molar-refractivity contribution in [3.8, 4) is 0 Å². The highest BCUT2D eigenvalue weighted by atomic mass is 32.1. The molecule has 0 unspecified atom stereocenters. The van der Waals surface area contributed by atoms with E-state index in [0.717, 1.165) is 24.3 Å². The molecule has 44 heavy (non-hydrogen) atoms. The average molecular weight is 681 g/mol. The summed E-state index contributed by atoms with van der Waals surface area (Å²) in [5.74, 6) is -32.3. The van der Waals surface area contributed by atoms with Crippen molar-refractivity contribution in [1.29, 1.82) is 0 Å². The van der Waals surface area contributed by atoms with Crippen LogP contribution in [0.3, 0.4) is 0 Å². The molecule has 0 atom stereocenters. The Labute approximate surface area is 238 Å². The number of carbonyl (C=O) groups excluding carboxylic acids is 4. The summed E-state index contributed by atoms with van der Waals surface area (Å²) in [6.45, 7) is -5.46. The van der Waals surface area contributed by atoms with E-state index in [1.165, 1.54) is 0 Å². The molecule has 22 heteroatoms. The molecule has 0 bridgehead atoms. The predicted octanol–water partition coefficient (Wildman–Crippen LogP) is 5.59. The molecule has 0 saturated carbocycles. The van der Waals surface area contributed by atoms with Gasteiger partial charge in [0.1, 0.15) is 9.75 Å². The van der Waals surface area contributed by atoms with Gasteiger partial charge in [-0.15, -0.1) is 11.3 Å². The minimum absolute atomic E-state index is 0.00423. The lowest BCUT2D eigenvalue weighted by Gasteiger charge is -2.33. The van der Waals surface area contributed by atoms with Crippen LogP contribution in [0.2, 0.25) is 0 Å².